The van der Waals surface area contributed by atoms with Gasteiger partial charge in [0.15, 0.2) is 0 Å². The second-order valence-electron chi connectivity index (χ2n) is 6.59. The molecule has 0 saturated carbocycles. The minimum Gasteiger partial charge on any atom is -0.491 e. The van der Waals surface area contributed by atoms with E-state index in [1.54, 1.807) is 0 Å². The molecule has 2 aromatic rings. The monoisotopic (exact) mass is 397 g/mol. The van der Waals surface area contributed by atoms with Gasteiger partial charge in [-0.25, -0.2) is 4.98 Å². The number of carbonyl (C=O) groups excluding carboxylic acids is 1. The van der Waals surface area contributed by atoms with E-state index in [1.807, 2.05) is 11.9 Å². The van der Waals surface area contributed by atoms with Crippen LogP contribution >= 0.6 is 0 Å². The van der Waals surface area contributed by atoms with E-state index in [9.17, 15) is 22.4 Å². The number of hydrogen-bond acceptors (Lipinski definition) is 4. The van der Waals surface area contributed by atoms with E-state index in [1.165, 1.54) is 18.3 Å². The third kappa shape index (κ3) is 4.59. The molecule has 3 rings (SSSR count). The number of halogens is 4. The lowest BCUT2D eigenvalue weighted by molar-refractivity contribution is -0.139. The molecule has 1 aliphatic heterocycles. The van der Waals surface area contributed by atoms with Crippen molar-refractivity contribution in [2.75, 3.05) is 25.5 Å². The Morgan fingerprint density at radius 3 is 2.79 bits per heavy atom. The number of carbonyl (C=O) groups is 1. The molecule has 1 fully saturated rings. The average molecular weight is 397 g/mol. The average Bonchev–Trinajstić information content (AvgIpc) is 3.04. The summed E-state index contributed by atoms with van der Waals surface area (Å²) in [5.74, 6) is -2.16. The minimum atomic E-state index is -4.60. The highest BCUT2D eigenvalue weighted by Gasteiger charge is 2.35. The van der Waals surface area contributed by atoms with Crippen LogP contribution in [0.4, 0.5) is 23.2 Å². The van der Waals surface area contributed by atoms with Crippen molar-refractivity contribution in [1.82, 2.24) is 9.88 Å². The Morgan fingerprint density at radius 1 is 1.36 bits per heavy atom. The van der Waals surface area contributed by atoms with E-state index in [0.29, 0.717) is 0 Å². The molecule has 1 aromatic carbocycles. The predicted octanol–water partition coefficient (Wildman–Crippen LogP) is 3.96. The van der Waals surface area contributed by atoms with Crippen molar-refractivity contribution in [3.8, 4) is 5.75 Å². The third-order valence-electron chi connectivity index (χ3n) is 4.65. The van der Waals surface area contributed by atoms with Gasteiger partial charge in [-0.2, -0.15) is 17.6 Å². The topological polar surface area (TPSA) is 54.5 Å². The second kappa shape index (κ2) is 8.14. The number of aromatic nitrogens is 1. The van der Waals surface area contributed by atoms with E-state index in [0.717, 1.165) is 37.6 Å². The Bertz CT molecular complexity index is 857. The number of likely N-dealkylation sites (tertiary alicyclic amines) is 1. The molecular formula is C19H19F4N3O2. The zero-order chi connectivity index (χ0) is 20.3. The molecular weight excluding hydrogens is 378 g/mol. The SMILES string of the molecule is CN1CCCC1COc1cc(NC(=O)c2cccnc2F)ccc1C(F)(F)F. The quantitative estimate of drug-likeness (QED) is 0.613. The van der Waals surface area contributed by atoms with Gasteiger partial charge in [0.05, 0.1) is 11.1 Å². The fraction of sp³-hybridized carbons (Fsp3) is 0.368. The zero-order valence-corrected chi connectivity index (χ0v) is 15.1. The van der Waals surface area contributed by atoms with Crippen molar-refractivity contribution < 1.29 is 27.1 Å². The van der Waals surface area contributed by atoms with E-state index in [-0.39, 0.29) is 29.6 Å². The molecule has 0 bridgehead atoms. The van der Waals surface area contributed by atoms with Gasteiger partial charge in [0, 0.05) is 24.0 Å². The molecule has 0 spiro atoms. The van der Waals surface area contributed by atoms with Crippen molar-refractivity contribution in [3.63, 3.8) is 0 Å². The first-order valence-electron chi connectivity index (χ1n) is 8.72. The van der Waals surface area contributed by atoms with E-state index in [2.05, 4.69) is 10.3 Å². The number of anilines is 1. The summed E-state index contributed by atoms with van der Waals surface area (Å²) in [6, 6.07) is 5.69. The van der Waals surface area contributed by atoms with Gasteiger partial charge in [-0.15, -0.1) is 0 Å². The Labute approximate surface area is 159 Å². The number of nitrogens with one attached hydrogen (secondary N) is 1. The number of hydrogen-bond donors (Lipinski definition) is 1. The third-order valence-corrected chi connectivity index (χ3v) is 4.65. The van der Waals surface area contributed by atoms with Crippen LogP contribution in [0.25, 0.3) is 0 Å². The minimum absolute atomic E-state index is 0.0313. The summed E-state index contributed by atoms with van der Waals surface area (Å²) in [7, 11) is 1.89. The van der Waals surface area contributed by atoms with Gasteiger partial charge in [0.25, 0.3) is 5.91 Å². The van der Waals surface area contributed by atoms with Crippen LogP contribution in [0.3, 0.4) is 0 Å². The highest BCUT2D eigenvalue weighted by molar-refractivity contribution is 6.04. The molecule has 1 saturated heterocycles. The molecule has 9 heteroatoms. The van der Waals surface area contributed by atoms with Crippen LogP contribution in [0.5, 0.6) is 5.75 Å². The number of amides is 1. The van der Waals surface area contributed by atoms with Gasteiger partial charge >= 0.3 is 6.18 Å². The Kier molecular flexibility index (Phi) is 5.83. The van der Waals surface area contributed by atoms with Crippen LogP contribution in [0.15, 0.2) is 36.5 Å². The summed E-state index contributed by atoms with van der Waals surface area (Å²) in [6.07, 6.45) is -1.61. The van der Waals surface area contributed by atoms with Crippen LogP contribution < -0.4 is 10.1 Å². The number of alkyl halides is 3. The second-order valence-corrected chi connectivity index (χ2v) is 6.59. The summed E-state index contributed by atoms with van der Waals surface area (Å²) in [6.45, 7) is 0.973. The van der Waals surface area contributed by atoms with Gasteiger partial charge in [-0.1, -0.05) is 0 Å². The van der Waals surface area contributed by atoms with Gasteiger partial charge in [-0.05, 0) is 50.7 Å². The first-order chi connectivity index (χ1) is 13.3. The zero-order valence-electron chi connectivity index (χ0n) is 15.1. The molecule has 1 atom stereocenters. The molecule has 1 N–H and O–H groups in total. The predicted molar refractivity (Wildman–Crippen MR) is 94.7 cm³/mol. The van der Waals surface area contributed by atoms with Crippen LogP contribution in [0, 0.1) is 5.95 Å². The fourth-order valence-electron chi connectivity index (χ4n) is 3.08. The lowest BCUT2D eigenvalue weighted by Crippen LogP contribution is -2.31. The van der Waals surface area contributed by atoms with E-state index < -0.39 is 23.6 Å². The van der Waals surface area contributed by atoms with Crippen LogP contribution in [0.2, 0.25) is 0 Å². The maximum atomic E-state index is 13.6. The van der Waals surface area contributed by atoms with Crippen molar-refractivity contribution in [1.29, 1.82) is 0 Å². The molecule has 2 heterocycles. The number of ether oxygens (including phenoxy) is 1. The molecule has 1 unspecified atom stereocenters. The molecule has 5 nitrogen and oxygen atoms in total. The molecule has 0 aliphatic carbocycles. The summed E-state index contributed by atoms with van der Waals surface area (Å²) < 4.78 is 59.0. The van der Waals surface area contributed by atoms with Crippen molar-refractivity contribution in [2.24, 2.45) is 0 Å². The number of benzene rings is 1. The smallest absolute Gasteiger partial charge is 0.419 e. The van der Waals surface area contributed by atoms with E-state index >= 15 is 0 Å². The van der Waals surface area contributed by atoms with Crippen molar-refractivity contribution >= 4 is 11.6 Å². The highest BCUT2D eigenvalue weighted by Crippen LogP contribution is 2.38. The van der Waals surface area contributed by atoms with Gasteiger partial charge in [0.2, 0.25) is 5.95 Å². The summed E-state index contributed by atoms with van der Waals surface area (Å²) >= 11 is 0. The number of likely N-dealkylation sites (N-methyl/N-ethyl adjacent to an activating group) is 1. The van der Waals surface area contributed by atoms with Gasteiger partial charge in [0.1, 0.15) is 12.4 Å². The summed E-state index contributed by atoms with van der Waals surface area (Å²) in [4.78, 5) is 17.6. The molecule has 28 heavy (non-hydrogen) atoms. The molecule has 150 valence electrons. The van der Waals surface area contributed by atoms with Crippen LogP contribution in [-0.2, 0) is 6.18 Å². The normalized spacial score (nSPS) is 17.5. The first-order valence-corrected chi connectivity index (χ1v) is 8.72. The Morgan fingerprint density at radius 2 is 2.14 bits per heavy atom. The molecule has 1 aliphatic rings. The van der Waals surface area contributed by atoms with Crippen LogP contribution in [0.1, 0.15) is 28.8 Å². The van der Waals surface area contributed by atoms with Crippen LogP contribution in [-0.4, -0.2) is 42.0 Å². The van der Waals surface area contributed by atoms with Gasteiger partial charge < -0.3 is 15.0 Å². The number of pyridine rings is 1. The first kappa shape index (κ1) is 20.1. The maximum absolute atomic E-state index is 13.6. The lowest BCUT2D eigenvalue weighted by atomic mass is 10.1. The highest BCUT2D eigenvalue weighted by atomic mass is 19.4. The molecule has 0 radical (unpaired) electrons. The molecule has 1 aromatic heterocycles. The van der Waals surface area contributed by atoms with Crippen molar-refractivity contribution in [3.05, 3.63) is 53.6 Å². The number of rotatable bonds is 5. The summed E-state index contributed by atoms with van der Waals surface area (Å²) in [5.41, 5.74) is -1.17. The maximum Gasteiger partial charge on any atom is 0.419 e. The molecule has 1 amide bonds. The Balaban J connectivity index is 1.81. The van der Waals surface area contributed by atoms with E-state index in [4.69, 9.17) is 4.74 Å². The Hall–Kier alpha value is -2.68. The number of nitrogens with zero attached hydrogens (tertiary/aromatic N) is 2. The fourth-order valence-corrected chi connectivity index (χ4v) is 3.08. The van der Waals surface area contributed by atoms with Crippen molar-refractivity contribution in [2.45, 2.75) is 25.1 Å². The van der Waals surface area contributed by atoms with Gasteiger partial charge in [-0.3, -0.25) is 4.79 Å². The largest absolute Gasteiger partial charge is 0.491 e. The standard InChI is InChI=1S/C19H19F4N3O2/c1-26-9-3-4-13(26)11-28-16-10-12(6-7-15(16)19(21,22)23)25-18(27)14-5-2-8-24-17(14)20/h2,5-8,10,13H,3-4,9,11H2,1H3,(H,25,27). The lowest BCUT2D eigenvalue weighted by Gasteiger charge is -2.21. The summed E-state index contributed by atoms with van der Waals surface area (Å²) in [5, 5.41) is 2.38.